The van der Waals surface area contributed by atoms with Gasteiger partial charge in [-0.25, -0.2) is 0 Å². The number of pyridine rings is 1. The quantitative estimate of drug-likeness (QED) is 0.797. The number of aryl methyl sites for hydroxylation is 1. The first-order valence-electron chi connectivity index (χ1n) is 7.88. The molecule has 2 heterocycles. The standard InChI is InChI=1S/C16H21N3O4/c1-18-9-14(21)13(20)5-12(18)6-17-16(23)11-4-15(22)19(8-11)7-10-2-3-10/h5,9-11,21H,2-4,6-8H2,1H3,(H,17,23). The lowest BCUT2D eigenvalue weighted by Gasteiger charge is -2.16. The molecule has 0 aromatic carbocycles. The van der Waals surface area contributed by atoms with Crippen molar-refractivity contribution in [3.8, 4) is 5.75 Å². The van der Waals surface area contributed by atoms with Crippen LogP contribution in [-0.4, -0.2) is 39.5 Å². The van der Waals surface area contributed by atoms with Crippen LogP contribution in [0, 0.1) is 11.8 Å². The fourth-order valence-corrected chi connectivity index (χ4v) is 2.89. The van der Waals surface area contributed by atoms with E-state index in [9.17, 15) is 19.5 Å². The molecule has 1 saturated heterocycles. The van der Waals surface area contributed by atoms with E-state index in [4.69, 9.17) is 0 Å². The van der Waals surface area contributed by atoms with Gasteiger partial charge in [0.2, 0.25) is 17.2 Å². The number of rotatable bonds is 5. The molecule has 1 aliphatic heterocycles. The van der Waals surface area contributed by atoms with Crippen molar-refractivity contribution in [3.05, 3.63) is 28.2 Å². The smallest absolute Gasteiger partial charge is 0.225 e. The monoisotopic (exact) mass is 319 g/mol. The van der Waals surface area contributed by atoms with Crippen LogP contribution in [0.25, 0.3) is 0 Å². The van der Waals surface area contributed by atoms with Gasteiger partial charge in [-0.15, -0.1) is 0 Å². The molecule has 2 aliphatic rings. The van der Waals surface area contributed by atoms with Gasteiger partial charge in [0.1, 0.15) is 0 Å². The van der Waals surface area contributed by atoms with E-state index >= 15 is 0 Å². The minimum Gasteiger partial charge on any atom is -0.503 e. The third-order valence-electron chi connectivity index (χ3n) is 4.52. The van der Waals surface area contributed by atoms with Crippen LogP contribution in [0.5, 0.6) is 5.75 Å². The molecule has 1 atom stereocenters. The van der Waals surface area contributed by atoms with E-state index in [1.165, 1.54) is 25.1 Å². The maximum absolute atomic E-state index is 12.2. The molecule has 23 heavy (non-hydrogen) atoms. The summed E-state index contributed by atoms with van der Waals surface area (Å²) in [5.41, 5.74) is 0.124. The Morgan fingerprint density at radius 3 is 2.83 bits per heavy atom. The van der Waals surface area contributed by atoms with E-state index in [1.807, 2.05) is 0 Å². The zero-order valence-electron chi connectivity index (χ0n) is 13.1. The molecule has 124 valence electrons. The Kier molecular flexibility index (Phi) is 4.11. The molecule has 7 heteroatoms. The van der Waals surface area contributed by atoms with E-state index < -0.39 is 5.43 Å². The molecule has 2 N–H and O–H groups in total. The van der Waals surface area contributed by atoms with Gasteiger partial charge in [0.05, 0.1) is 12.5 Å². The number of carbonyl (C=O) groups is 2. The first-order valence-corrected chi connectivity index (χ1v) is 7.88. The van der Waals surface area contributed by atoms with Crippen LogP contribution in [0.3, 0.4) is 0 Å². The van der Waals surface area contributed by atoms with Crippen molar-refractivity contribution < 1.29 is 14.7 Å². The highest BCUT2D eigenvalue weighted by Crippen LogP contribution is 2.31. The summed E-state index contributed by atoms with van der Waals surface area (Å²) in [7, 11) is 1.69. The zero-order chi connectivity index (χ0) is 16.6. The molecule has 1 saturated carbocycles. The van der Waals surface area contributed by atoms with Gasteiger partial charge in [-0.1, -0.05) is 0 Å². The SMILES string of the molecule is Cn1cc(O)c(=O)cc1CNC(=O)C1CC(=O)N(CC2CC2)C1. The molecule has 0 bridgehead atoms. The van der Waals surface area contributed by atoms with Crippen LogP contribution in [-0.2, 0) is 23.2 Å². The highest BCUT2D eigenvalue weighted by Gasteiger charge is 2.36. The molecule has 0 spiro atoms. The highest BCUT2D eigenvalue weighted by atomic mass is 16.3. The highest BCUT2D eigenvalue weighted by molar-refractivity contribution is 5.89. The first-order chi connectivity index (χ1) is 10.9. The van der Waals surface area contributed by atoms with Crippen molar-refractivity contribution in [2.45, 2.75) is 25.8 Å². The normalized spacial score (nSPS) is 20.8. The number of nitrogens with zero attached hydrogens (tertiary/aromatic N) is 2. The second-order valence-electron chi connectivity index (χ2n) is 6.49. The number of carbonyl (C=O) groups excluding carboxylic acids is 2. The summed E-state index contributed by atoms with van der Waals surface area (Å²) >= 11 is 0. The van der Waals surface area contributed by atoms with E-state index in [0.29, 0.717) is 18.2 Å². The number of nitrogens with one attached hydrogen (secondary N) is 1. The van der Waals surface area contributed by atoms with Crippen LogP contribution < -0.4 is 10.7 Å². The molecular formula is C16H21N3O4. The number of aromatic hydroxyl groups is 1. The van der Waals surface area contributed by atoms with Crippen molar-refractivity contribution in [1.82, 2.24) is 14.8 Å². The fraction of sp³-hybridized carbons (Fsp3) is 0.562. The molecular weight excluding hydrogens is 298 g/mol. The Balaban J connectivity index is 1.56. The number of amides is 2. The molecule has 1 aliphatic carbocycles. The zero-order valence-corrected chi connectivity index (χ0v) is 13.1. The van der Waals surface area contributed by atoms with Crippen molar-refractivity contribution in [2.75, 3.05) is 13.1 Å². The van der Waals surface area contributed by atoms with Gasteiger partial charge in [-0.05, 0) is 18.8 Å². The minimum absolute atomic E-state index is 0.0501. The fourth-order valence-electron chi connectivity index (χ4n) is 2.89. The summed E-state index contributed by atoms with van der Waals surface area (Å²) in [6, 6.07) is 1.30. The summed E-state index contributed by atoms with van der Waals surface area (Å²) < 4.78 is 1.59. The Labute approximate surface area is 133 Å². The number of aromatic nitrogens is 1. The topological polar surface area (TPSA) is 91.6 Å². The molecule has 3 rings (SSSR count). The largest absolute Gasteiger partial charge is 0.503 e. The summed E-state index contributed by atoms with van der Waals surface area (Å²) in [4.78, 5) is 37.4. The van der Waals surface area contributed by atoms with Crippen LogP contribution in [0.4, 0.5) is 0 Å². The van der Waals surface area contributed by atoms with Crippen LogP contribution in [0.2, 0.25) is 0 Å². The van der Waals surface area contributed by atoms with E-state index in [-0.39, 0.29) is 36.4 Å². The van der Waals surface area contributed by atoms with Crippen LogP contribution in [0.15, 0.2) is 17.1 Å². The van der Waals surface area contributed by atoms with Gasteiger partial charge < -0.3 is 19.9 Å². The first kappa shape index (κ1) is 15.6. The second kappa shape index (κ2) is 6.06. The Morgan fingerprint density at radius 2 is 2.13 bits per heavy atom. The van der Waals surface area contributed by atoms with Crippen molar-refractivity contribution >= 4 is 11.8 Å². The van der Waals surface area contributed by atoms with Gasteiger partial charge >= 0.3 is 0 Å². The minimum atomic E-state index is -0.473. The number of hydrogen-bond acceptors (Lipinski definition) is 4. The number of hydrogen-bond donors (Lipinski definition) is 2. The molecule has 2 amide bonds. The third kappa shape index (κ3) is 3.55. The predicted octanol–water partition coefficient (Wildman–Crippen LogP) is -0.0344. The Morgan fingerprint density at radius 1 is 1.39 bits per heavy atom. The maximum atomic E-state index is 12.2. The number of likely N-dealkylation sites (tertiary alicyclic amines) is 1. The van der Waals surface area contributed by atoms with Crippen molar-refractivity contribution in [2.24, 2.45) is 18.9 Å². The van der Waals surface area contributed by atoms with Gasteiger partial charge in [0.25, 0.3) is 0 Å². The van der Waals surface area contributed by atoms with Crippen LogP contribution >= 0.6 is 0 Å². The van der Waals surface area contributed by atoms with Gasteiger partial charge in [-0.3, -0.25) is 14.4 Å². The summed E-state index contributed by atoms with van der Waals surface area (Å²) in [6.45, 7) is 1.45. The predicted molar refractivity (Wildman–Crippen MR) is 82.6 cm³/mol. The molecule has 1 unspecified atom stereocenters. The molecule has 1 aromatic rings. The Hall–Kier alpha value is -2.31. The lowest BCUT2D eigenvalue weighted by Crippen LogP contribution is -2.34. The summed E-state index contributed by atoms with van der Waals surface area (Å²) in [6.07, 6.45) is 3.93. The van der Waals surface area contributed by atoms with Crippen molar-refractivity contribution in [3.63, 3.8) is 0 Å². The summed E-state index contributed by atoms with van der Waals surface area (Å²) in [5.74, 6) is -0.145. The second-order valence-corrected chi connectivity index (χ2v) is 6.49. The van der Waals surface area contributed by atoms with E-state index in [2.05, 4.69) is 5.32 Å². The lowest BCUT2D eigenvalue weighted by molar-refractivity contribution is -0.129. The molecule has 1 aromatic heterocycles. The van der Waals surface area contributed by atoms with Crippen molar-refractivity contribution in [1.29, 1.82) is 0 Å². The average Bonchev–Trinajstić information content (AvgIpc) is 3.24. The van der Waals surface area contributed by atoms with Gasteiger partial charge in [0.15, 0.2) is 5.75 Å². The van der Waals surface area contributed by atoms with E-state index in [0.717, 1.165) is 6.54 Å². The molecule has 0 radical (unpaired) electrons. The average molecular weight is 319 g/mol. The van der Waals surface area contributed by atoms with Gasteiger partial charge in [-0.2, -0.15) is 0 Å². The van der Waals surface area contributed by atoms with Gasteiger partial charge in [0, 0.05) is 44.5 Å². The van der Waals surface area contributed by atoms with Crippen LogP contribution in [0.1, 0.15) is 25.0 Å². The summed E-state index contributed by atoms with van der Waals surface area (Å²) in [5, 5.41) is 12.1. The van der Waals surface area contributed by atoms with E-state index in [1.54, 1.807) is 16.5 Å². The molecule has 2 fully saturated rings. The lowest BCUT2D eigenvalue weighted by atomic mass is 10.1. The maximum Gasteiger partial charge on any atom is 0.225 e. The Bertz CT molecular complexity index is 693. The molecule has 7 nitrogen and oxygen atoms in total. The third-order valence-corrected chi connectivity index (χ3v) is 4.52.